The van der Waals surface area contributed by atoms with E-state index >= 15 is 4.39 Å². The van der Waals surface area contributed by atoms with E-state index in [2.05, 4.69) is 21.9 Å². The van der Waals surface area contributed by atoms with Gasteiger partial charge in [0.1, 0.15) is 40.0 Å². The summed E-state index contributed by atoms with van der Waals surface area (Å²) >= 11 is 0. The Morgan fingerprint density at radius 2 is 1.97 bits per heavy atom. The van der Waals surface area contributed by atoms with Crippen LogP contribution in [0.4, 0.5) is 16.0 Å². The Bertz CT molecular complexity index is 1560. The maximum Gasteiger partial charge on any atom is 0.256 e. The number of rotatable bonds is 5. The second kappa shape index (κ2) is 8.51. The standard InChI is InChI=1S/C27H24FN7O2/c1-2-21(36)35-17-8-10-27(35,11-9-17)26-33-22(23-24(29)31-13-14-34(23)26)18-7-6-16(15-19(18)28)25(37)32-20-5-3-4-12-30-20/h2-7,12-15,17H,1,8-11H2,(H2,29,31)(H,30,32,37). The molecule has 6 rings (SSSR count). The second-order valence-corrected chi connectivity index (χ2v) is 9.35. The summed E-state index contributed by atoms with van der Waals surface area (Å²) in [6.07, 6.45) is 9.40. The van der Waals surface area contributed by atoms with Gasteiger partial charge in [0.25, 0.3) is 5.91 Å². The number of aromatic nitrogens is 4. The summed E-state index contributed by atoms with van der Waals surface area (Å²) in [6.45, 7) is 3.68. The predicted octanol–water partition coefficient (Wildman–Crippen LogP) is 3.93. The number of nitrogen functional groups attached to an aromatic ring is 1. The van der Waals surface area contributed by atoms with E-state index in [4.69, 9.17) is 10.7 Å². The van der Waals surface area contributed by atoms with Crippen molar-refractivity contribution >= 4 is 29.0 Å². The van der Waals surface area contributed by atoms with Crippen LogP contribution >= 0.6 is 0 Å². The summed E-state index contributed by atoms with van der Waals surface area (Å²) < 4.78 is 17.4. The molecule has 0 radical (unpaired) electrons. The number of nitrogens with two attached hydrogens (primary N) is 1. The van der Waals surface area contributed by atoms with E-state index in [1.54, 1.807) is 36.8 Å². The fourth-order valence-corrected chi connectivity index (χ4v) is 5.80. The minimum Gasteiger partial charge on any atom is -0.382 e. The molecule has 5 heterocycles. The summed E-state index contributed by atoms with van der Waals surface area (Å²) in [6, 6.07) is 9.45. The van der Waals surface area contributed by atoms with Crippen molar-refractivity contribution in [2.24, 2.45) is 0 Å². The number of carbonyl (C=O) groups is 2. The van der Waals surface area contributed by atoms with E-state index in [1.165, 1.54) is 18.2 Å². The number of benzene rings is 1. The van der Waals surface area contributed by atoms with Crippen molar-refractivity contribution < 1.29 is 14.0 Å². The Labute approximate surface area is 211 Å². The van der Waals surface area contributed by atoms with E-state index in [0.717, 1.165) is 31.7 Å². The molecule has 3 aromatic heterocycles. The molecule has 2 aliphatic rings. The summed E-state index contributed by atoms with van der Waals surface area (Å²) in [5, 5.41) is 2.65. The first kappa shape index (κ1) is 22.8. The number of anilines is 2. The van der Waals surface area contributed by atoms with Crippen LogP contribution in [0.3, 0.4) is 0 Å². The van der Waals surface area contributed by atoms with E-state index in [1.807, 2.05) is 9.30 Å². The molecular weight excluding hydrogens is 473 g/mol. The lowest BCUT2D eigenvalue weighted by atomic mass is 9.87. The highest BCUT2D eigenvalue weighted by Crippen LogP contribution is 2.53. The van der Waals surface area contributed by atoms with Gasteiger partial charge in [-0.3, -0.25) is 14.0 Å². The Morgan fingerprint density at radius 3 is 2.68 bits per heavy atom. The summed E-state index contributed by atoms with van der Waals surface area (Å²) in [4.78, 5) is 40.6. The predicted molar refractivity (Wildman–Crippen MR) is 136 cm³/mol. The lowest BCUT2D eigenvalue weighted by Gasteiger charge is -2.33. The van der Waals surface area contributed by atoms with Gasteiger partial charge in [0, 0.05) is 35.8 Å². The number of nitrogens with zero attached hydrogens (tertiary/aromatic N) is 5. The minimum absolute atomic E-state index is 0.120. The zero-order chi connectivity index (χ0) is 25.7. The Balaban J connectivity index is 1.45. The molecule has 2 aliphatic heterocycles. The van der Waals surface area contributed by atoms with Gasteiger partial charge in [0.2, 0.25) is 5.91 Å². The zero-order valence-electron chi connectivity index (χ0n) is 19.9. The van der Waals surface area contributed by atoms with Crippen LogP contribution in [0.1, 0.15) is 41.9 Å². The maximum absolute atomic E-state index is 15.5. The Kier molecular flexibility index (Phi) is 5.25. The number of hydrogen-bond donors (Lipinski definition) is 2. The molecule has 2 amide bonds. The SMILES string of the molecule is C=CC(=O)N1C2CCC1(c1nc(-c3ccc(C(=O)Nc4ccccn4)cc3F)c3c(N)nccn13)CC2. The number of amides is 2. The number of nitrogens with one attached hydrogen (secondary N) is 1. The monoisotopic (exact) mass is 497 g/mol. The minimum atomic E-state index is -0.635. The normalized spacial score (nSPS) is 20.4. The van der Waals surface area contributed by atoms with Crippen molar-refractivity contribution in [3.8, 4) is 11.3 Å². The van der Waals surface area contributed by atoms with Crippen molar-refractivity contribution in [2.45, 2.75) is 37.3 Å². The number of fused-ring (bicyclic) bond motifs is 3. The molecule has 10 heteroatoms. The van der Waals surface area contributed by atoms with Crippen LogP contribution in [-0.4, -0.2) is 42.1 Å². The highest BCUT2D eigenvalue weighted by atomic mass is 19.1. The lowest BCUT2D eigenvalue weighted by molar-refractivity contribution is -0.130. The van der Waals surface area contributed by atoms with Crippen LogP contribution in [0.25, 0.3) is 16.8 Å². The number of carbonyl (C=O) groups excluding carboxylic acids is 2. The first-order chi connectivity index (χ1) is 17.9. The Morgan fingerprint density at radius 1 is 1.16 bits per heavy atom. The number of halogens is 1. The fourth-order valence-electron chi connectivity index (χ4n) is 5.80. The molecule has 2 saturated heterocycles. The summed E-state index contributed by atoms with van der Waals surface area (Å²) in [7, 11) is 0. The van der Waals surface area contributed by atoms with E-state index in [-0.39, 0.29) is 28.9 Å². The van der Waals surface area contributed by atoms with Crippen LogP contribution in [-0.2, 0) is 10.3 Å². The van der Waals surface area contributed by atoms with Gasteiger partial charge in [-0.15, -0.1) is 0 Å². The molecule has 2 bridgehead atoms. The van der Waals surface area contributed by atoms with E-state index < -0.39 is 17.3 Å². The van der Waals surface area contributed by atoms with Gasteiger partial charge in [0.15, 0.2) is 0 Å². The van der Waals surface area contributed by atoms with Gasteiger partial charge in [0.05, 0.1) is 0 Å². The third-order valence-corrected chi connectivity index (χ3v) is 7.41. The molecule has 0 aliphatic carbocycles. The van der Waals surface area contributed by atoms with Gasteiger partial charge in [-0.05, 0) is 62.1 Å². The highest BCUT2D eigenvalue weighted by molar-refractivity contribution is 6.04. The van der Waals surface area contributed by atoms with Crippen LogP contribution in [0.15, 0.2) is 67.6 Å². The van der Waals surface area contributed by atoms with Crippen molar-refractivity contribution in [1.82, 2.24) is 24.3 Å². The molecule has 9 nitrogen and oxygen atoms in total. The van der Waals surface area contributed by atoms with Gasteiger partial charge < -0.3 is 16.0 Å². The molecule has 1 aromatic carbocycles. The molecule has 4 aromatic rings. The molecule has 2 fully saturated rings. The van der Waals surface area contributed by atoms with Crippen LogP contribution in [0.5, 0.6) is 0 Å². The third-order valence-electron chi connectivity index (χ3n) is 7.41. The van der Waals surface area contributed by atoms with Gasteiger partial charge in [-0.25, -0.2) is 19.3 Å². The molecule has 0 spiro atoms. The van der Waals surface area contributed by atoms with Crippen LogP contribution in [0.2, 0.25) is 0 Å². The molecule has 0 saturated carbocycles. The Hall–Kier alpha value is -4.60. The van der Waals surface area contributed by atoms with Gasteiger partial charge >= 0.3 is 0 Å². The maximum atomic E-state index is 15.5. The van der Waals surface area contributed by atoms with E-state index in [9.17, 15) is 9.59 Å². The van der Waals surface area contributed by atoms with Crippen LogP contribution < -0.4 is 11.1 Å². The molecule has 0 unspecified atom stereocenters. The first-order valence-electron chi connectivity index (χ1n) is 12.0. The van der Waals surface area contributed by atoms with Gasteiger partial charge in [-0.2, -0.15) is 0 Å². The average molecular weight is 498 g/mol. The molecular formula is C27H24FN7O2. The number of hydrogen-bond acceptors (Lipinski definition) is 6. The molecule has 0 atom stereocenters. The quantitative estimate of drug-likeness (QED) is 0.404. The van der Waals surface area contributed by atoms with E-state index in [0.29, 0.717) is 22.9 Å². The second-order valence-electron chi connectivity index (χ2n) is 9.35. The van der Waals surface area contributed by atoms with Crippen LogP contribution in [0, 0.1) is 5.82 Å². The van der Waals surface area contributed by atoms with Crippen molar-refractivity contribution in [2.75, 3.05) is 11.1 Å². The first-order valence-corrected chi connectivity index (χ1v) is 12.0. The fraction of sp³-hybridized carbons (Fsp3) is 0.222. The highest BCUT2D eigenvalue weighted by Gasteiger charge is 2.56. The molecule has 3 N–H and O–H groups in total. The molecule has 37 heavy (non-hydrogen) atoms. The largest absolute Gasteiger partial charge is 0.382 e. The topological polar surface area (TPSA) is 119 Å². The smallest absolute Gasteiger partial charge is 0.256 e. The molecule has 186 valence electrons. The summed E-state index contributed by atoms with van der Waals surface area (Å²) in [5.41, 5.74) is 6.73. The average Bonchev–Trinajstić information content (AvgIpc) is 3.59. The number of pyridine rings is 1. The van der Waals surface area contributed by atoms with Gasteiger partial charge in [-0.1, -0.05) is 12.6 Å². The zero-order valence-corrected chi connectivity index (χ0v) is 19.9. The summed E-state index contributed by atoms with van der Waals surface area (Å²) in [5.74, 6) is -0.0761. The van der Waals surface area contributed by atoms with Crippen molar-refractivity contribution in [3.63, 3.8) is 0 Å². The third kappa shape index (κ3) is 3.47. The van der Waals surface area contributed by atoms with Crippen molar-refractivity contribution in [1.29, 1.82) is 0 Å². The number of imidazole rings is 1. The van der Waals surface area contributed by atoms with Crippen molar-refractivity contribution in [3.05, 3.63) is 84.8 Å². The lowest BCUT2D eigenvalue weighted by Crippen LogP contribution is -2.43.